The summed E-state index contributed by atoms with van der Waals surface area (Å²) in [5.74, 6) is -0.0740. The molecule has 2 amide bonds. The summed E-state index contributed by atoms with van der Waals surface area (Å²) in [6, 6.07) is 7.65. The van der Waals surface area contributed by atoms with E-state index in [2.05, 4.69) is 10.6 Å². The molecule has 0 unspecified atom stereocenters. The predicted octanol–water partition coefficient (Wildman–Crippen LogP) is 1.15. The Morgan fingerprint density at radius 2 is 1.95 bits per heavy atom. The molecular formula is C16H21N3O2. The first-order valence-electron chi connectivity index (χ1n) is 7.64. The van der Waals surface area contributed by atoms with Crippen molar-refractivity contribution in [2.75, 3.05) is 25.0 Å². The van der Waals surface area contributed by atoms with Crippen LogP contribution in [0.5, 0.6) is 0 Å². The summed E-state index contributed by atoms with van der Waals surface area (Å²) in [5.41, 5.74) is 2.17. The molecule has 1 aromatic carbocycles. The molecule has 112 valence electrons. The maximum atomic E-state index is 12.2. The second-order valence-electron chi connectivity index (χ2n) is 5.72. The molecule has 2 N–H and O–H groups in total. The molecule has 1 aromatic rings. The normalized spacial score (nSPS) is 20.6. The summed E-state index contributed by atoms with van der Waals surface area (Å²) in [7, 11) is 0. The van der Waals surface area contributed by atoms with Crippen LogP contribution in [0.25, 0.3) is 0 Å². The average Bonchev–Trinajstić information content (AvgIpc) is 2.97. The van der Waals surface area contributed by atoms with Crippen molar-refractivity contribution >= 4 is 17.5 Å². The van der Waals surface area contributed by atoms with Crippen molar-refractivity contribution in [1.82, 2.24) is 10.2 Å². The first kappa shape index (κ1) is 13.9. The van der Waals surface area contributed by atoms with Crippen LogP contribution in [-0.4, -0.2) is 42.4 Å². The zero-order valence-corrected chi connectivity index (χ0v) is 12.1. The summed E-state index contributed by atoms with van der Waals surface area (Å²) < 4.78 is 0. The van der Waals surface area contributed by atoms with Gasteiger partial charge >= 0.3 is 0 Å². The van der Waals surface area contributed by atoms with Crippen molar-refractivity contribution in [1.29, 1.82) is 0 Å². The van der Waals surface area contributed by atoms with E-state index in [4.69, 9.17) is 0 Å². The van der Waals surface area contributed by atoms with Gasteiger partial charge in [0.05, 0.1) is 6.54 Å². The number of hydrogen-bond acceptors (Lipinski definition) is 3. The molecule has 0 bridgehead atoms. The first-order valence-corrected chi connectivity index (χ1v) is 7.64. The fourth-order valence-electron chi connectivity index (χ4n) is 3.00. The number of piperidine rings is 1. The maximum Gasteiger partial charge on any atom is 0.243 e. The Bertz CT molecular complexity index is 513. The lowest BCUT2D eigenvalue weighted by atomic mass is 10.1. The van der Waals surface area contributed by atoms with Crippen molar-refractivity contribution in [2.45, 2.75) is 31.7 Å². The SMILES string of the molecule is O=C(NCC(=O)N1CCCCC1)[C@@H]1Cc2ccccc2N1. The van der Waals surface area contributed by atoms with E-state index in [1.807, 2.05) is 29.2 Å². The lowest BCUT2D eigenvalue weighted by Gasteiger charge is -2.27. The first-order chi connectivity index (χ1) is 10.2. The van der Waals surface area contributed by atoms with Gasteiger partial charge in [0.25, 0.3) is 0 Å². The highest BCUT2D eigenvalue weighted by Gasteiger charge is 2.27. The van der Waals surface area contributed by atoms with Crippen molar-refractivity contribution in [3.8, 4) is 0 Å². The van der Waals surface area contributed by atoms with Gasteiger partial charge in [-0.1, -0.05) is 18.2 Å². The van der Waals surface area contributed by atoms with Gasteiger partial charge in [-0.25, -0.2) is 0 Å². The number of nitrogens with zero attached hydrogens (tertiary/aromatic N) is 1. The molecule has 1 fully saturated rings. The van der Waals surface area contributed by atoms with Crippen LogP contribution in [0.4, 0.5) is 5.69 Å². The minimum Gasteiger partial charge on any atom is -0.373 e. The van der Waals surface area contributed by atoms with Crippen LogP contribution < -0.4 is 10.6 Å². The largest absolute Gasteiger partial charge is 0.373 e. The highest BCUT2D eigenvalue weighted by molar-refractivity contribution is 5.90. The fraction of sp³-hybridized carbons (Fsp3) is 0.500. The number of hydrogen-bond donors (Lipinski definition) is 2. The van der Waals surface area contributed by atoms with E-state index in [0.717, 1.165) is 37.2 Å². The number of carbonyl (C=O) groups is 2. The third-order valence-electron chi connectivity index (χ3n) is 4.21. The van der Waals surface area contributed by atoms with Gasteiger partial charge in [-0.05, 0) is 30.9 Å². The van der Waals surface area contributed by atoms with E-state index in [1.165, 1.54) is 6.42 Å². The molecule has 2 aliphatic heterocycles. The number of fused-ring (bicyclic) bond motifs is 1. The average molecular weight is 287 g/mol. The van der Waals surface area contributed by atoms with Crippen LogP contribution in [0, 0.1) is 0 Å². The number of benzene rings is 1. The zero-order valence-electron chi connectivity index (χ0n) is 12.1. The Hall–Kier alpha value is -2.04. The van der Waals surface area contributed by atoms with E-state index < -0.39 is 0 Å². The third-order valence-corrected chi connectivity index (χ3v) is 4.21. The number of para-hydroxylation sites is 1. The summed E-state index contributed by atoms with van der Waals surface area (Å²) in [6.45, 7) is 1.75. The topological polar surface area (TPSA) is 61.4 Å². The number of amides is 2. The van der Waals surface area contributed by atoms with E-state index >= 15 is 0 Å². The van der Waals surface area contributed by atoms with Crippen molar-refractivity contribution in [2.24, 2.45) is 0 Å². The maximum absolute atomic E-state index is 12.2. The van der Waals surface area contributed by atoms with Crippen LogP contribution in [0.15, 0.2) is 24.3 Å². The summed E-state index contributed by atoms with van der Waals surface area (Å²) in [6.07, 6.45) is 4.01. The van der Waals surface area contributed by atoms with Crippen LogP contribution >= 0.6 is 0 Å². The molecule has 0 radical (unpaired) electrons. The van der Waals surface area contributed by atoms with Crippen molar-refractivity contribution < 1.29 is 9.59 Å². The Morgan fingerprint density at radius 1 is 1.19 bits per heavy atom. The van der Waals surface area contributed by atoms with Gasteiger partial charge in [-0.15, -0.1) is 0 Å². The van der Waals surface area contributed by atoms with Gasteiger partial charge in [0.2, 0.25) is 11.8 Å². The molecule has 5 nitrogen and oxygen atoms in total. The second kappa shape index (κ2) is 6.16. The highest BCUT2D eigenvalue weighted by Crippen LogP contribution is 2.24. The number of nitrogens with one attached hydrogen (secondary N) is 2. The fourth-order valence-corrected chi connectivity index (χ4v) is 3.00. The molecule has 1 saturated heterocycles. The lowest BCUT2D eigenvalue weighted by molar-refractivity contribution is -0.133. The van der Waals surface area contributed by atoms with Crippen LogP contribution in [-0.2, 0) is 16.0 Å². The second-order valence-corrected chi connectivity index (χ2v) is 5.72. The van der Waals surface area contributed by atoms with Crippen molar-refractivity contribution in [3.63, 3.8) is 0 Å². The Labute approximate surface area is 124 Å². The molecule has 2 heterocycles. The Morgan fingerprint density at radius 3 is 2.71 bits per heavy atom. The van der Waals surface area contributed by atoms with Gasteiger partial charge < -0.3 is 15.5 Å². The van der Waals surface area contributed by atoms with Gasteiger partial charge in [0.1, 0.15) is 6.04 Å². The van der Waals surface area contributed by atoms with Gasteiger partial charge in [-0.2, -0.15) is 0 Å². The number of rotatable bonds is 3. The minimum absolute atomic E-state index is 0.0264. The summed E-state index contributed by atoms with van der Waals surface area (Å²) in [4.78, 5) is 26.0. The molecule has 1 atom stereocenters. The van der Waals surface area contributed by atoms with Crippen LogP contribution in [0.2, 0.25) is 0 Å². The molecular weight excluding hydrogens is 266 g/mol. The van der Waals surface area contributed by atoms with E-state index in [0.29, 0.717) is 6.42 Å². The molecule has 0 saturated carbocycles. The van der Waals surface area contributed by atoms with E-state index in [1.54, 1.807) is 0 Å². The highest BCUT2D eigenvalue weighted by atomic mass is 16.2. The molecule has 0 aromatic heterocycles. The van der Waals surface area contributed by atoms with E-state index in [-0.39, 0.29) is 24.4 Å². The molecule has 0 spiro atoms. The Kier molecular flexibility index (Phi) is 4.08. The minimum atomic E-state index is -0.267. The Balaban J connectivity index is 1.48. The molecule has 3 rings (SSSR count). The lowest BCUT2D eigenvalue weighted by Crippen LogP contribution is -2.46. The predicted molar refractivity (Wildman–Crippen MR) is 81.0 cm³/mol. The van der Waals surface area contributed by atoms with Gasteiger partial charge in [-0.3, -0.25) is 9.59 Å². The summed E-state index contributed by atoms with van der Waals surface area (Å²) in [5, 5.41) is 5.96. The van der Waals surface area contributed by atoms with Gasteiger partial charge in [0.15, 0.2) is 0 Å². The van der Waals surface area contributed by atoms with Crippen LogP contribution in [0.3, 0.4) is 0 Å². The van der Waals surface area contributed by atoms with Crippen molar-refractivity contribution in [3.05, 3.63) is 29.8 Å². The zero-order chi connectivity index (χ0) is 14.7. The summed E-state index contributed by atoms with van der Waals surface area (Å²) >= 11 is 0. The quantitative estimate of drug-likeness (QED) is 0.877. The monoisotopic (exact) mass is 287 g/mol. The smallest absolute Gasteiger partial charge is 0.243 e. The molecule has 2 aliphatic rings. The number of likely N-dealkylation sites (tertiary alicyclic amines) is 1. The molecule has 21 heavy (non-hydrogen) atoms. The number of anilines is 1. The number of carbonyl (C=O) groups excluding carboxylic acids is 2. The standard InChI is InChI=1S/C16H21N3O2/c20-15(19-8-4-1-5-9-19)11-17-16(21)14-10-12-6-2-3-7-13(12)18-14/h2-3,6-7,14,18H,1,4-5,8-11H2,(H,17,21)/t14-/m0/s1. The third kappa shape index (κ3) is 3.17. The molecule has 0 aliphatic carbocycles. The van der Waals surface area contributed by atoms with Gasteiger partial charge in [0, 0.05) is 25.2 Å². The van der Waals surface area contributed by atoms with E-state index in [9.17, 15) is 9.59 Å². The molecule has 5 heteroatoms. The van der Waals surface area contributed by atoms with Crippen LogP contribution in [0.1, 0.15) is 24.8 Å².